The van der Waals surface area contributed by atoms with E-state index in [1.807, 2.05) is 37.3 Å². The second-order valence-corrected chi connectivity index (χ2v) is 7.34. The van der Waals surface area contributed by atoms with Crippen molar-refractivity contribution in [2.75, 3.05) is 7.11 Å². The van der Waals surface area contributed by atoms with Crippen molar-refractivity contribution in [1.29, 1.82) is 0 Å². The zero-order valence-corrected chi connectivity index (χ0v) is 17.0. The van der Waals surface area contributed by atoms with E-state index in [4.69, 9.17) is 4.74 Å². The number of alkyl halides is 3. The van der Waals surface area contributed by atoms with Crippen LogP contribution in [0.1, 0.15) is 36.6 Å². The van der Waals surface area contributed by atoms with Crippen LogP contribution in [0.2, 0.25) is 0 Å². The fourth-order valence-corrected chi connectivity index (χ4v) is 3.41. The van der Waals surface area contributed by atoms with Crippen LogP contribution in [0.15, 0.2) is 72.8 Å². The summed E-state index contributed by atoms with van der Waals surface area (Å²) in [6.07, 6.45) is -4.40. The fourth-order valence-electron chi connectivity index (χ4n) is 3.41. The molecule has 2 atom stereocenters. The van der Waals surface area contributed by atoms with E-state index in [1.54, 1.807) is 25.1 Å². The molecule has 0 aliphatic carbocycles. The van der Waals surface area contributed by atoms with Crippen molar-refractivity contribution < 1.29 is 23.0 Å². The zero-order chi connectivity index (χ0) is 21.9. The SMILES string of the molecule is COc1ccc(C(C)(O)NC(C)c2ccccc2)cc1-c1ccc(C(F)(F)F)cc1. The largest absolute Gasteiger partial charge is 0.496 e. The fraction of sp³-hybridized carbons (Fsp3) is 0.250. The second-order valence-electron chi connectivity index (χ2n) is 7.34. The van der Waals surface area contributed by atoms with Crippen LogP contribution >= 0.6 is 0 Å². The van der Waals surface area contributed by atoms with Crippen LogP contribution in [0.4, 0.5) is 13.2 Å². The molecule has 0 radical (unpaired) electrons. The Morgan fingerprint density at radius 3 is 2.07 bits per heavy atom. The highest BCUT2D eigenvalue weighted by molar-refractivity contribution is 5.71. The molecule has 0 bridgehead atoms. The van der Waals surface area contributed by atoms with Crippen LogP contribution < -0.4 is 10.1 Å². The number of benzene rings is 3. The van der Waals surface area contributed by atoms with Gasteiger partial charge in [-0.15, -0.1) is 0 Å². The van der Waals surface area contributed by atoms with Gasteiger partial charge in [-0.3, -0.25) is 5.32 Å². The van der Waals surface area contributed by atoms with Crippen LogP contribution in [-0.2, 0) is 11.9 Å². The minimum atomic E-state index is -4.40. The van der Waals surface area contributed by atoms with Crippen molar-refractivity contribution >= 4 is 0 Å². The first-order valence-electron chi connectivity index (χ1n) is 9.53. The molecule has 3 nitrogen and oxygen atoms in total. The Hall–Kier alpha value is -2.83. The van der Waals surface area contributed by atoms with Crippen LogP contribution in [-0.4, -0.2) is 12.2 Å². The van der Waals surface area contributed by atoms with E-state index < -0.39 is 17.5 Å². The van der Waals surface area contributed by atoms with Crippen molar-refractivity contribution in [2.45, 2.75) is 31.8 Å². The Balaban J connectivity index is 1.93. The lowest BCUT2D eigenvalue weighted by Crippen LogP contribution is -2.40. The van der Waals surface area contributed by atoms with Gasteiger partial charge in [-0.1, -0.05) is 48.5 Å². The maximum absolute atomic E-state index is 12.9. The molecule has 158 valence electrons. The van der Waals surface area contributed by atoms with Gasteiger partial charge in [-0.25, -0.2) is 0 Å². The predicted molar refractivity (Wildman–Crippen MR) is 111 cm³/mol. The average Bonchev–Trinajstić information content (AvgIpc) is 2.73. The molecule has 2 N–H and O–H groups in total. The smallest absolute Gasteiger partial charge is 0.416 e. The topological polar surface area (TPSA) is 41.5 Å². The summed E-state index contributed by atoms with van der Waals surface area (Å²) in [5.41, 5.74) is 0.663. The number of hydrogen-bond donors (Lipinski definition) is 2. The van der Waals surface area contributed by atoms with Gasteiger partial charge in [0, 0.05) is 11.6 Å². The number of aliphatic hydroxyl groups is 1. The molecule has 0 saturated carbocycles. The summed E-state index contributed by atoms with van der Waals surface area (Å²) in [6, 6.07) is 19.6. The Morgan fingerprint density at radius 2 is 1.50 bits per heavy atom. The van der Waals surface area contributed by atoms with Gasteiger partial charge >= 0.3 is 6.18 Å². The molecule has 0 aliphatic heterocycles. The maximum Gasteiger partial charge on any atom is 0.416 e. The van der Waals surface area contributed by atoms with E-state index in [0.717, 1.165) is 17.7 Å². The van der Waals surface area contributed by atoms with Crippen LogP contribution in [0, 0.1) is 0 Å². The quantitative estimate of drug-likeness (QED) is 0.493. The molecule has 0 aliphatic rings. The highest BCUT2D eigenvalue weighted by Crippen LogP contribution is 2.36. The summed E-state index contributed by atoms with van der Waals surface area (Å²) >= 11 is 0. The normalized spacial score (nSPS) is 14.8. The summed E-state index contributed by atoms with van der Waals surface area (Å²) in [6.45, 7) is 3.59. The molecule has 30 heavy (non-hydrogen) atoms. The molecular formula is C24H24F3NO2. The molecule has 0 aromatic heterocycles. The van der Waals surface area contributed by atoms with Gasteiger partial charge < -0.3 is 9.84 Å². The van der Waals surface area contributed by atoms with E-state index in [1.165, 1.54) is 19.2 Å². The third-order valence-electron chi connectivity index (χ3n) is 5.08. The van der Waals surface area contributed by atoms with Crippen molar-refractivity contribution in [1.82, 2.24) is 5.32 Å². The van der Waals surface area contributed by atoms with Crippen LogP contribution in [0.5, 0.6) is 5.75 Å². The Bertz CT molecular complexity index is 984. The summed E-state index contributed by atoms with van der Waals surface area (Å²) in [7, 11) is 1.50. The van der Waals surface area contributed by atoms with E-state index in [0.29, 0.717) is 22.4 Å². The molecule has 0 fully saturated rings. The molecule has 0 amide bonds. The second kappa shape index (κ2) is 8.50. The lowest BCUT2D eigenvalue weighted by Gasteiger charge is -2.30. The average molecular weight is 415 g/mol. The molecule has 3 aromatic carbocycles. The van der Waals surface area contributed by atoms with Gasteiger partial charge in [0.15, 0.2) is 0 Å². The van der Waals surface area contributed by atoms with Crippen molar-refractivity contribution in [2.24, 2.45) is 0 Å². The predicted octanol–water partition coefficient (Wildman–Crippen LogP) is 5.90. The number of ether oxygens (including phenoxy) is 1. The molecule has 0 heterocycles. The minimum absolute atomic E-state index is 0.127. The molecule has 2 unspecified atom stereocenters. The highest BCUT2D eigenvalue weighted by Gasteiger charge is 2.30. The first kappa shape index (κ1) is 21.9. The molecular weight excluding hydrogens is 391 g/mol. The monoisotopic (exact) mass is 415 g/mol. The van der Waals surface area contributed by atoms with Crippen molar-refractivity contribution in [3.8, 4) is 16.9 Å². The van der Waals surface area contributed by atoms with Gasteiger partial charge in [-0.2, -0.15) is 13.2 Å². The first-order chi connectivity index (χ1) is 14.1. The molecule has 0 spiro atoms. The Kier molecular flexibility index (Phi) is 6.19. The van der Waals surface area contributed by atoms with Crippen LogP contribution in [0.3, 0.4) is 0 Å². The van der Waals surface area contributed by atoms with Gasteiger partial charge in [0.25, 0.3) is 0 Å². The Morgan fingerprint density at radius 1 is 0.900 bits per heavy atom. The third kappa shape index (κ3) is 4.83. The Labute approximate surface area is 174 Å². The summed E-state index contributed by atoms with van der Waals surface area (Å²) < 4.78 is 44.0. The number of halogens is 3. The number of hydrogen-bond acceptors (Lipinski definition) is 3. The highest BCUT2D eigenvalue weighted by atomic mass is 19.4. The van der Waals surface area contributed by atoms with Gasteiger partial charge in [-0.05, 0) is 54.8 Å². The molecule has 3 aromatic rings. The molecule has 6 heteroatoms. The maximum atomic E-state index is 12.9. The lowest BCUT2D eigenvalue weighted by atomic mass is 9.95. The lowest BCUT2D eigenvalue weighted by molar-refractivity contribution is -0.137. The standard InChI is InChI=1S/C24H24F3NO2/c1-16(17-7-5-4-6-8-17)28-23(2,29)20-13-14-22(30-3)21(15-20)18-9-11-19(12-10-18)24(25,26)27/h4-16,28-29H,1-3H3. The summed E-state index contributed by atoms with van der Waals surface area (Å²) in [5, 5.41) is 14.3. The third-order valence-corrected chi connectivity index (χ3v) is 5.08. The van der Waals surface area contributed by atoms with Crippen molar-refractivity contribution in [3.05, 3.63) is 89.5 Å². The number of nitrogens with one attached hydrogen (secondary N) is 1. The van der Waals surface area contributed by atoms with E-state index in [9.17, 15) is 18.3 Å². The summed E-state index contributed by atoms with van der Waals surface area (Å²) in [4.78, 5) is 0. The number of methoxy groups -OCH3 is 1. The van der Waals surface area contributed by atoms with Gasteiger partial charge in [0.2, 0.25) is 0 Å². The summed E-state index contributed by atoms with van der Waals surface area (Å²) in [5.74, 6) is 0.505. The number of rotatable bonds is 6. The zero-order valence-electron chi connectivity index (χ0n) is 17.0. The van der Waals surface area contributed by atoms with Gasteiger partial charge in [0.05, 0.1) is 12.7 Å². The van der Waals surface area contributed by atoms with E-state index in [-0.39, 0.29) is 6.04 Å². The van der Waals surface area contributed by atoms with Crippen molar-refractivity contribution in [3.63, 3.8) is 0 Å². The molecule has 3 rings (SSSR count). The van der Waals surface area contributed by atoms with E-state index in [2.05, 4.69) is 5.32 Å². The first-order valence-corrected chi connectivity index (χ1v) is 9.53. The van der Waals surface area contributed by atoms with Crippen LogP contribution in [0.25, 0.3) is 11.1 Å². The molecule has 0 saturated heterocycles. The van der Waals surface area contributed by atoms with Gasteiger partial charge in [0.1, 0.15) is 11.5 Å². The van der Waals surface area contributed by atoms with E-state index >= 15 is 0 Å². The minimum Gasteiger partial charge on any atom is -0.496 e.